The summed E-state index contributed by atoms with van der Waals surface area (Å²) in [6.07, 6.45) is 0.113. The highest BCUT2D eigenvalue weighted by atomic mass is 32.2. The molecule has 12 N–H and O–H groups in total. The first-order valence-electron chi connectivity index (χ1n) is 15.6. The summed E-state index contributed by atoms with van der Waals surface area (Å²) in [5.41, 5.74) is 5.23. The SMILES string of the molecule is CC[C@H](C)[C@H](NC(=O)[C@H](CO)NC(=O)CN)C(=O)N[C@@H](CC(=O)O)C(=O)N[C@@H](CCSC)C(=O)N[C@H](C(=O)N[C@@H](CC(=O)O)C(=O)O)C(C)C. The average molecular weight is 736 g/mol. The topological polar surface area (TPSA) is 333 Å². The number of carboxylic acid groups (broad SMARTS) is 3. The second-order valence-electron chi connectivity index (χ2n) is 11.6. The van der Waals surface area contributed by atoms with Crippen molar-refractivity contribution in [2.24, 2.45) is 17.6 Å². The third kappa shape index (κ3) is 16.3. The van der Waals surface area contributed by atoms with E-state index in [1.54, 1.807) is 20.1 Å². The van der Waals surface area contributed by atoms with Gasteiger partial charge in [0, 0.05) is 0 Å². The normalized spacial score (nSPS) is 15.1. The van der Waals surface area contributed by atoms with Gasteiger partial charge in [0.05, 0.1) is 26.0 Å². The highest BCUT2D eigenvalue weighted by Gasteiger charge is 2.36. The standard InChI is InChI=1S/C29H49N7O13S/c1-6-14(4)23(36-26(45)18(12-37)31-19(38)11-30)28(47)33-16(9-20(39)40)25(44)32-15(7-8-50-5)24(43)35-22(13(2)3)27(46)34-17(29(48)49)10-21(41)42/h13-18,22-23,37H,6-12,30H2,1-5H3,(H,31,38)(H,32,44)(H,33,47)(H,34,46)(H,35,43)(H,36,45)(H,39,40)(H,41,42)(H,48,49)/t14-,15-,16-,17-,18-,22-,23-/m0/s1. The van der Waals surface area contributed by atoms with Gasteiger partial charge in [-0.15, -0.1) is 0 Å². The van der Waals surface area contributed by atoms with Crippen LogP contribution in [0.2, 0.25) is 0 Å². The lowest BCUT2D eigenvalue weighted by atomic mass is 9.97. The van der Waals surface area contributed by atoms with E-state index in [-0.39, 0.29) is 6.42 Å². The summed E-state index contributed by atoms with van der Waals surface area (Å²) in [5.74, 6) is -11.3. The minimum absolute atomic E-state index is 0.0295. The van der Waals surface area contributed by atoms with Gasteiger partial charge in [0.15, 0.2) is 0 Å². The Morgan fingerprint density at radius 3 is 1.56 bits per heavy atom. The number of hydrogen-bond acceptors (Lipinski definition) is 12. The van der Waals surface area contributed by atoms with Gasteiger partial charge in [-0.25, -0.2) is 4.79 Å². The minimum atomic E-state index is -1.80. The van der Waals surface area contributed by atoms with E-state index < -0.39 is 127 Å². The van der Waals surface area contributed by atoms with E-state index in [0.29, 0.717) is 12.2 Å². The Morgan fingerprint density at radius 2 is 1.10 bits per heavy atom. The first-order chi connectivity index (χ1) is 23.3. The summed E-state index contributed by atoms with van der Waals surface area (Å²) in [5, 5.41) is 51.1. The number of carbonyl (C=O) groups excluding carboxylic acids is 6. The number of hydrogen-bond donors (Lipinski definition) is 11. The van der Waals surface area contributed by atoms with E-state index in [9.17, 15) is 58.5 Å². The van der Waals surface area contributed by atoms with Gasteiger partial charge < -0.3 is 58.1 Å². The lowest BCUT2D eigenvalue weighted by molar-refractivity contribution is -0.147. The molecule has 0 aliphatic carbocycles. The van der Waals surface area contributed by atoms with Gasteiger partial charge in [-0.2, -0.15) is 11.8 Å². The fourth-order valence-electron chi connectivity index (χ4n) is 4.25. The van der Waals surface area contributed by atoms with Gasteiger partial charge in [0.1, 0.15) is 36.3 Å². The number of aliphatic carboxylic acids is 3. The lowest BCUT2D eigenvalue weighted by Crippen LogP contribution is -2.61. The molecule has 0 fully saturated rings. The molecule has 21 heteroatoms. The smallest absolute Gasteiger partial charge is 0.326 e. The van der Waals surface area contributed by atoms with Crippen LogP contribution < -0.4 is 37.6 Å². The van der Waals surface area contributed by atoms with E-state index in [1.807, 2.05) is 0 Å². The van der Waals surface area contributed by atoms with Crippen LogP contribution >= 0.6 is 11.8 Å². The zero-order chi connectivity index (χ0) is 38.7. The third-order valence-corrected chi connectivity index (χ3v) is 7.95. The number of nitrogens with two attached hydrogens (primary N) is 1. The van der Waals surface area contributed by atoms with Crippen LogP contribution in [-0.2, 0) is 43.2 Å². The van der Waals surface area contributed by atoms with Gasteiger partial charge in [-0.05, 0) is 30.3 Å². The number of thioether (sulfide) groups is 1. The van der Waals surface area contributed by atoms with E-state index in [1.165, 1.54) is 25.6 Å². The van der Waals surface area contributed by atoms with Crippen LogP contribution in [0.3, 0.4) is 0 Å². The van der Waals surface area contributed by atoms with E-state index in [0.717, 1.165) is 0 Å². The first kappa shape index (κ1) is 45.5. The van der Waals surface area contributed by atoms with Crippen LogP contribution in [0.25, 0.3) is 0 Å². The molecule has 0 aromatic carbocycles. The van der Waals surface area contributed by atoms with Gasteiger partial charge in [-0.1, -0.05) is 34.1 Å². The van der Waals surface area contributed by atoms with E-state index in [2.05, 4.69) is 31.9 Å². The Kier molecular flexibility index (Phi) is 20.9. The van der Waals surface area contributed by atoms with Crippen molar-refractivity contribution in [3.63, 3.8) is 0 Å². The molecular weight excluding hydrogens is 686 g/mol. The summed E-state index contributed by atoms with van der Waals surface area (Å²) in [7, 11) is 0. The molecule has 0 spiro atoms. The monoisotopic (exact) mass is 735 g/mol. The Hall–Kier alpha value is -4.50. The Balaban J connectivity index is 6.16. The second kappa shape index (κ2) is 23.0. The minimum Gasteiger partial charge on any atom is -0.481 e. The molecule has 0 aliphatic rings. The molecule has 6 amide bonds. The number of carbonyl (C=O) groups is 9. The molecule has 0 saturated heterocycles. The van der Waals surface area contributed by atoms with Gasteiger partial charge in [0.2, 0.25) is 35.4 Å². The van der Waals surface area contributed by atoms with Crippen LogP contribution in [0.15, 0.2) is 0 Å². The van der Waals surface area contributed by atoms with Crippen LogP contribution in [0.1, 0.15) is 53.4 Å². The number of aliphatic hydroxyl groups excluding tert-OH is 1. The Morgan fingerprint density at radius 1 is 0.640 bits per heavy atom. The number of nitrogens with one attached hydrogen (secondary N) is 6. The Labute approximate surface area is 292 Å². The number of aliphatic hydroxyl groups is 1. The highest BCUT2D eigenvalue weighted by molar-refractivity contribution is 7.98. The van der Waals surface area contributed by atoms with Crippen molar-refractivity contribution in [1.82, 2.24) is 31.9 Å². The zero-order valence-electron chi connectivity index (χ0n) is 28.5. The van der Waals surface area contributed by atoms with Crippen LogP contribution in [0.5, 0.6) is 0 Å². The van der Waals surface area contributed by atoms with Crippen LogP contribution in [0, 0.1) is 11.8 Å². The van der Waals surface area contributed by atoms with Gasteiger partial charge >= 0.3 is 17.9 Å². The maximum absolute atomic E-state index is 13.4. The lowest BCUT2D eigenvalue weighted by Gasteiger charge is -2.29. The molecule has 7 atom stereocenters. The first-order valence-corrected chi connectivity index (χ1v) is 17.0. The molecular formula is C29H49N7O13S. The molecule has 0 aliphatic heterocycles. The molecule has 20 nitrogen and oxygen atoms in total. The second-order valence-corrected chi connectivity index (χ2v) is 12.6. The van der Waals surface area contributed by atoms with Crippen LogP contribution in [0.4, 0.5) is 0 Å². The van der Waals surface area contributed by atoms with Crippen molar-refractivity contribution in [3.8, 4) is 0 Å². The molecule has 0 radical (unpaired) electrons. The van der Waals surface area contributed by atoms with Crippen molar-refractivity contribution in [2.75, 3.05) is 25.2 Å². The van der Waals surface area contributed by atoms with Crippen molar-refractivity contribution in [1.29, 1.82) is 0 Å². The van der Waals surface area contributed by atoms with Crippen molar-refractivity contribution >= 4 is 65.1 Å². The molecule has 50 heavy (non-hydrogen) atoms. The third-order valence-electron chi connectivity index (χ3n) is 7.31. The predicted molar refractivity (Wildman–Crippen MR) is 177 cm³/mol. The molecule has 0 heterocycles. The summed E-state index contributed by atoms with van der Waals surface area (Å²) in [6, 6.07) is -9.16. The van der Waals surface area contributed by atoms with Gasteiger partial charge in [0.25, 0.3) is 0 Å². The van der Waals surface area contributed by atoms with Crippen LogP contribution in [-0.4, -0.2) is 135 Å². The highest BCUT2D eigenvalue weighted by Crippen LogP contribution is 2.11. The number of rotatable bonds is 24. The quantitative estimate of drug-likeness (QED) is 0.0455. The molecule has 0 unspecified atom stereocenters. The van der Waals surface area contributed by atoms with Gasteiger partial charge in [-0.3, -0.25) is 38.4 Å². The molecule has 0 aromatic rings. The maximum Gasteiger partial charge on any atom is 0.326 e. The zero-order valence-corrected chi connectivity index (χ0v) is 29.3. The van der Waals surface area contributed by atoms with E-state index in [4.69, 9.17) is 10.8 Å². The molecule has 0 rings (SSSR count). The molecule has 0 aromatic heterocycles. The maximum atomic E-state index is 13.4. The molecule has 284 valence electrons. The van der Waals surface area contributed by atoms with Crippen molar-refractivity contribution in [2.45, 2.75) is 89.6 Å². The summed E-state index contributed by atoms with van der Waals surface area (Å²) in [6.45, 7) is 4.99. The number of amides is 6. The average Bonchev–Trinajstić information content (AvgIpc) is 3.04. The fraction of sp³-hybridized carbons (Fsp3) is 0.690. The largest absolute Gasteiger partial charge is 0.481 e. The summed E-state index contributed by atoms with van der Waals surface area (Å²) >= 11 is 1.29. The number of carboxylic acids is 3. The molecule has 0 bridgehead atoms. The summed E-state index contributed by atoms with van der Waals surface area (Å²) < 4.78 is 0. The van der Waals surface area contributed by atoms with Crippen molar-refractivity contribution in [3.05, 3.63) is 0 Å². The Bertz CT molecular complexity index is 1240. The fourth-order valence-corrected chi connectivity index (χ4v) is 4.72. The van der Waals surface area contributed by atoms with E-state index >= 15 is 0 Å². The van der Waals surface area contributed by atoms with Crippen molar-refractivity contribution < 1.29 is 63.6 Å². The molecule has 0 saturated carbocycles. The summed E-state index contributed by atoms with van der Waals surface area (Å²) in [4.78, 5) is 112. The predicted octanol–water partition coefficient (Wildman–Crippen LogP) is -3.66.